The zero-order valence-corrected chi connectivity index (χ0v) is 8.16. The highest BCUT2D eigenvalue weighted by molar-refractivity contribution is 5.33. The van der Waals surface area contributed by atoms with E-state index in [0.29, 0.717) is 5.75 Å². The van der Waals surface area contributed by atoms with Gasteiger partial charge in [0.05, 0.1) is 6.10 Å². The van der Waals surface area contributed by atoms with Crippen molar-refractivity contribution in [2.75, 3.05) is 6.61 Å². The summed E-state index contributed by atoms with van der Waals surface area (Å²) in [7, 11) is 0. The smallest absolute Gasteiger partial charge is 0.121 e. The van der Waals surface area contributed by atoms with Crippen molar-refractivity contribution in [2.45, 2.75) is 26.4 Å². The van der Waals surface area contributed by atoms with Gasteiger partial charge in [0, 0.05) is 12.2 Å². The number of rotatable bonds is 4. The quantitative estimate of drug-likeness (QED) is 0.772. The Kier molecular flexibility index (Phi) is 3.77. The van der Waals surface area contributed by atoms with Gasteiger partial charge >= 0.3 is 0 Å². The summed E-state index contributed by atoms with van der Waals surface area (Å²) < 4.78 is 5.50. The normalized spacial score (nSPS) is 12.8. The number of benzene rings is 1. The molecule has 0 aliphatic heterocycles. The summed E-state index contributed by atoms with van der Waals surface area (Å²) >= 11 is 0. The first-order valence-electron chi connectivity index (χ1n) is 4.65. The van der Waals surface area contributed by atoms with Gasteiger partial charge in [-0.1, -0.05) is 25.1 Å². The van der Waals surface area contributed by atoms with Gasteiger partial charge in [-0.3, -0.25) is 0 Å². The molecule has 0 aliphatic carbocycles. The molecule has 0 radical (unpaired) electrons. The van der Waals surface area contributed by atoms with Crippen LogP contribution in [0.5, 0.6) is 5.75 Å². The lowest BCUT2D eigenvalue weighted by Gasteiger charge is -2.13. The molecule has 2 heteroatoms. The van der Waals surface area contributed by atoms with Crippen LogP contribution in [-0.2, 0) is 4.74 Å². The number of phenolic OH excluding ortho intramolecular Hbond substituents is 1. The van der Waals surface area contributed by atoms with Gasteiger partial charge in [-0.05, 0) is 19.4 Å². The van der Waals surface area contributed by atoms with Crippen LogP contribution >= 0.6 is 0 Å². The van der Waals surface area contributed by atoms with Crippen molar-refractivity contribution in [2.24, 2.45) is 0 Å². The molecule has 1 unspecified atom stereocenters. The van der Waals surface area contributed by atoms with Crippen LogP contribution < -0.4 is 0 Å². The summed E-state index contributed by atoms with van der Waals surface area (Å²) in [5.74, 6) is 0.311. The summed E-state index contributed by atoms with van der Waals surface area (Å²) in [5, 5.41) is 9.50. The monoisotopic (exact) mass is 180 g/mol. The largest absolute Gasteiger partial charge is 0.508 e. The molecule has 0 bridgehead atoms. The van der Waals surface area contributed by atoms with E-state index in [1.165, 1.54) is 0 Å². The van der Waals surface area contributed by atoms with Crippen molar-refractivity contribution in [3.05, 3.63) is 29.8 Å². The van der Waals surface area contributed by atoms with Crippen molar-refractivity contribution >= 4 is 0 Å². The van der Waals surface area contributed by atoms with E-state index in [1.807, 2.05) is 25.1 Å². The maximum Gasteiger partial charge on any atom is 0.121 e. The molecule has 0 heterocycles. The van der Waals surface area contributed by atoms with Gasteiger partial charge in [0.25, 0.3) is 0 Å². The third-order valence-electron chi connectivity index (χ3n) is 1.95. The number of para-hydroxylation sites is 1. The molecule has 0 saturated heterocycles. The molecule has 72 valence electrons. The van der Waals surface area contributed by atoms with E-state index in [2.05, 4.69) is 6.92 Å². The van der Waals surface area contributed by atoms with E-state index in [1.54, 1.807) is 6.07 Å². The molecule has 13 heavy (non-hydrogen) atoms. The minimum Gasteiger partial charge on any atom is -0.508 e. The number of aromatic hydroxyl groups is 1. The minimum atomic E-state index is -0.0267. The van der Waals surface area contributed by atoms with E-state index in [-0.39, 0.29) is 6.10 Å². The van der Waals surface area contributed by atoms with Crippen molar-refractivity contribution in [1.82, 2.24) is 0 Å². The van der Waals surface area contributed by atoms with Gasteiger partial charge < -0.3 is 9.84 Å². The van der Waals surface area contributed by atoms with Crippen LogP contribution in [0.1, 0.15) is 31.9 Å². The molecule has 0 aliphatic rings. The van der Waals surface area contributed by atoms with Crippen LogP contribution in [0, 0.1) is 0 Å². The van der Waals surface area contributed by atoms with Crippen LogP contribution in [0.4, 0.5) is 0 Å². The van der Waals surface area contributed by atoms with Crippen LogP contribution in [-0.4, -0.2) is 11.7 Å². The predicted molar refractivity (Wildman–Crippen MR) is 52.8 cm³/mol. The molecule has 0 amide bonds. The molecule has 0 fully saturated rings. The molecule has 1 aromatic rings. The Morgan fingerprint density at radius 2 is 2.08 bits per heavy atom. The maximum absolute atomic E-state index is 9.50. The lowest BCUT2D eigenvalue weighted by Crippen LogP contribution is -2.00. The Morgan fingerprint density at radius 3 is 2.69 bits per heavy atom. The summed E-state index contributed by atoms with van der Waals surface area (Å²) in [6.45, 7) is 4.75. The van der Waals surface area contributed by atoms with Gasteiger partial charge in [0.2, 0.25) is 0 Å². The Labute approximate surface area is 79.2 Å². The average molecular weight is 180 g/mol. The fourth-order valence-electron chi connectivity index (χ4n) is 1.22. The van der Waals surface area contributed by atoms with E-state index in [9.17, 15) is 5.11 Å². The lowest BCUT2D eigenvalue weighted by molar-refractivity contribution is 0.0646. The highest BCUT2D eigenvalue weighted by Gasteiger charge is 2.08. The van der Waals surface area contributed by atoms with E-state index in [4.69, 9.17) is 4.74 Å². The Hall–Kier alpha value is -1.02. The van der Waals surface area contributed by atoms with Crippen molar-refractivity contribution < 1.29 is 9.84 Å². The second kappa shape index (κ2) is 4.87. The zero-order valence-electron chi connectivity index (χ0n) is 8.16. The third kappa shape index (κ3) is 2.74. The molecule has 2 nitrogen and oxygen atoms in total. The van der Waals surface area contributed by atoms with Gasteiger partial charge in [0.15, 0.2) is 0 Å². The van der Waals surface area contributed by atoms with Gasteiger partial charge in [-0.25, -0.2) is 0 Å². The standard InChI is InChI=1S/C11H16O2/c1-3-8-13-9(2)10-6-4-5-7-11(10)12/h4-7,9,12H,3,8H2,1-2H3. The van der Waals surface area contributed by atoms with Crippen molar-refractivity contribution in [3.8, 4) is 5.75 Å². The molecule has 0 aromatic heterocycles. The summed E-state index contributed by atoms with van der Waals surface area (Å²) in [6.07, 6.45) is 0.971. The summed E-state index contributed by atoms with van der Waals surface area (Å²) in [6, 6.07) is 7.28. The topological polar surface area (TPSA) is 29.5 Å². The first-order valence-corrected chi connectivity index (χ1v) is 4.65. The SMILES string of the molecule is CCCOC(C)c1ccccc1O. The van der Waals surface area contributed by atoms with E-state index >= 15 is 0 Å². The average Bonchev–Trinajstić information content (AvgIpc) is 2.15. The van der Waals surface area contributed by atoms with Gasteiger partial charge in [0.1, 0.15) is 5.75 Å². The maximum atomic E-state index is 9.50. The van der Waals surface area contributed by atoms with E-state index < -0.39 is 0 Å². The minimum absolute atomic E-state index is 0.0267. The van der Waals surface area contributed by atoms with E-state index in [0.717, 1.165) is 18.6 Å². The summed E-state index contributed by atoms with van der Waals surface area (Å²) in [4.78, 5) is 0. The second-order valence-electron chi connectivity index (χ2n) is 3.07. The molecule has 1 atom stereocenters. The fourth-order valence-corrected chi connectivity index (χ4v) is 1.22. The number of hydrogen-bond donors (Lipinski definition) is 1. The predicted octanol–water partition coefficient (Wildman–Crippen LogP) is 2.88. The molecule has 0 saturated carbocycles. The number of phenols is 1. The van der Waals surface area contributed by atoms with Crippen LogP contribution in [0.2, 0.25) is 0 Å². The summed E-state index contributed by atoms with van der Waals surface area (Å²) in [5.41, 5.74) is 0.857. The first kappa shape index (κ1) is 10.1. The van der Waals surface area contributed by atoms with Crippen LogP contribution in [0.25, 0.3) is 0 Å². The molecule has 0 spiro atoms. The highest BCUT2D eigenvalue weighted by Crippen LogP contribution is 2.25. The Morgan fingerprint density at radius 1 is 1.38 bits per heavy atom. The Balaban J connectivity index is 2.65. The second-order valence-corrected chi connectivity index (χ2v) is 3.07. The van der Waals surface area contributed by atoms with Gasteiger partial charge in [-0.15, -0.1) is 0 Å². The Bertz CT molecular complexity index is 258. The molecule has 1 N–H and O–H groups in total. The van der Waals surface area contributed by atoms with Gasteiger partial charge in [-0.2, -0.15) is 0 Å². The van der Waals surface area contributed by atoms with Crippen LogP contribution in [0.15, 0.2) is 24.3 Å². The first-order chi connectivity index (χ1) is 6.25. The zero-order chi connectivity index (χ0) is 9.68. The number of hydrogen-bond acceptors (Lipinski definition) is 2. The third-order valence-corrected chi connectivity index (χ3v) is 1.95. The molecular formula is C11H16O2. The van der Waals surface area contributed by atoms with Crippen LogP contribution in [0.3, 0.4) is 0 Å². The highest BCUT2D eigenvalue weighted by atomic mass is 16.5. The number of ether oxygens (including phenoxy) is 1. The molecule has 1 aromatic carbocycles. The molecular weight excluding hydrogens is 164 g/mol. The fraction of sp³-hybridized carbons (Fsp3) is 0.455. The van der Waals surface area contributed by atoms with Crippen molar-refractivity contribution in [1.29, 1.82) is 0 Å². The lowest BCUT2D eigenvalue weighted by atomic mass is 10.1. The molecule has 1 rings (SSSR count). The van der Waals surface area contributed by atoms with Crippen molar-refractivity contribution in [3.63, 3.8) is 0 Å².